The molecule has 0 bridgehead atoms. The highest BCUT2D eigenvalue weighted by molar-refractivity contribution is 6.31. The second-order valence-corrected chi connectivity index (χ2v) is 8.65. The van der Waals surface area contributed by atoms with Crippen molar-refractivity contribution in [3.05, 3.63) is 44.3 Å². The minimum Gasteiger partial charge on any atom is -0.454 e. The molecule has 2 aromatic rings. The average molecular weight is 417 g/mol. The number of hydrogen-bond donors (Lipinski definition) is 1. The molecule has 7 nitrogen and oxygen atoms in total. The summed E-state index contributed by atoms with van der Waals surface area (Å²) in [6.45, 7) is 6.51. The van der Waals surface area contributed by atoms with Crippen LogP contribution >= 0.6 is 11.6 Å². The molecule has 0 radical (unpaired) electrons. The topological polar surface area (TPSA) is 70.7 Å². The molecule has 4 heterocycles. The normalized spacial score (nSPS) is 19.4. The molecule has 0 amide bonds. The third-order valence-electron chi connectivity index (χ3n) is 6.16. The lowest BCUT2D eigenvalue weighted by Crippen LogP contribution is -2.39. The predicted molar refractivity (Wildman–Crippen MR) is 111 cm³/mol. The zero-order valence-corrected chi connectivity index (χ0v) is 17.3. The number of H-pyrrole nitrogens is 1. The van der Waals surface area contributed by atoms with Crippen molar-refractivity contribution < 1.29 is 9.47 Å². The Morgan fingerprint density at radius 3 is 2.76 bits per heavy atom. The Bertz CT molecular complexity index is 985. The number of nitrogens with one attached hydrogen (secondary N) is 1. The Labute approximate surface area is 174 Å². The van der Waals surface area contributed by atoms with Crippen LogP contribution in [0.1, 0.15) is 36.6 Å². The number of nitrogens with zero attached hydrogens (tertiary/aromatic N) is 3. The fourth-order valence-corrected chi connectivity index (χ4v) is 4.52. The fraction of sp³-hybridized carbons (Fsp3) is 0.524. The molecule has 3 aliphatic heterocycles. The van der Waals surface area contributed by atoms with Crippen molar-refractivity contribution in [2.75, 3.05) is 31.3 Å². The minimum atomic E-state index is 0.00406. The number of aromatic amines is 1. The summed E-state index contributed by atoms with van der Waals surface area (Å²) in [5, 5.41) is 0.669. The van der Waals surface area contributed by atoms with Crippen molar-refractivity contribution >= 4 is 17.5 Å². The van der Waals surface area contributed by atoms with E-state index in [1.807, 2.05) is 12.1 Å². The number of benzene rings is 1. The Balaban J connectivity index is 1.36. The maximum absolute atomic E-state index is 12.6. The van der Waals surface area contributed by atoms with E-state index >= 15 is 0 Å². The Morgan fingerprint density at radius 2 is 1.97 bits per heavy atom. The molecular weight excluding hydrogens is 392 g/mol. The van der Waals surface area contributed by atoms with Crippen LogP contribution in [0.4, 0.5) is 5.95 Å². The first kappa shape index (κ1) is 18.8. The van der Waals surface area contributed by atoms with Gasteiger partial charge in [-0.05, 0) is 36.8 Å². The number of rotatable bonds is 3. The number of piperidine rings is 1. The zero-order chi connectivity index (χ0) is 20.0. The Kier molecular flexibility index (Phi) is 4.87. The lowest BCUT2D eigenvalue weighted by molar-refractivity contribution is 0.174. The molecule has 0 unspecified atom stereocenters. The molecule has 1 aromatic heterocycles. The maximum atomic E-state index is 12.6. The lowest BCUT2D eigenvalue weighted by atomic mass is 9.99. The predicted octanol–water partition coefficient (Wildman–Crippen LogP) is 2.95. The van der Waals surface area contributed by atoms with Gasteiger partial charge < -0.3 is 14.4 Å². The second kappa shape index (κ2) is 7.54. The molecule has 1 N–H and O–H groups in total. The first-order valence-corrected chi connectivity index (χ1v) is 10.6. The summed E-state index contributed by atoms with van der Waals surface area (Å²) in [6, 6.07) is 3.77. The van der Waals surface area contributed by atoms with Crippen LogP contribution in [-0.4, -0.2) is 41.3 Å². The molecule has 0 spiro atoms. The number of anilines is 1. The van der Waals surface area contributed by atoms with Crippen LogP contribution < -0.4 is 19.9 Å². The van der Waals surface area contributed by atoms with Gasteiger partial charge >= 0.3 is 0 Å². The molecule has 0 saturated carbocycles. The molecule has 0 aliphatic carbocycles. The van der Waals surface area contributed by atoms with E-state index in [2.05, 4.69) is 21.7 Å². The lowest BCUT2D eigenvalue weighted by Gasteiger charge is -2.32. The first-order valence-electron chi connectivity index (χ1n) is 10.2. The van der Waals surface area contributed by atoms with Crippen LogP contribution in [-0.2, 0) is 19.5 Å². The minimum absolute atomic E-state index is 0.00406. The summed E-state index contributed by atoms with van der Waals surface area (Å²) in [5.41, 5.74) is 2.69. The van der Waals surface area contributed by atoms with Crippen LogP contribution in [0.15, 0.2) is 16.9 Å². The van der Waals surface area contributed by atoms with E-state index in [0.29, 0.717) is 36.2 Å². The van der Waals surface area contributed by atoms with Gasteiger partial charge in [0.25, 0.3) is 5.56 Å². The van der Waals surface area contributed by atoms with E-state index in [0.717, 1.165) is 61.0 Å². The first-order chi connectivity index (χ1) is 14.1. The van der Waals surface area contributed by atoms with Gasteiger partial charge in [-0.3, -0.25) is 14.7 Å². The van der Waals surface area contributed by atoms with Gasteiger partial charge in [0.15, 0.2) is 11.5 Å². The SMILES string of the molecule is CC1CCN(c2nc3c(c(=O)[nH]2)CCN(Cc2cc4c(cc2Cl)OCO4)C3)CC1. The summed E-state index contributed by atoms with van der Waals surface area (Å²) in [5.74, 6) is 2.87. The molecule has 0 atom stereocenters. The van der Waals surface area contributed by atoms with Gasteiger partial charge in [-0.2, -0.15) is 0 Å². The van der Waals surface area contributed by atoms with E-state index in [1.165, 1.54) is 0 Å². The van der Waals surface area contributed by atoms with E-state index in [4.69, 9.17) is 26.1 Å². The molecule has 3 aliphatic rings. The van der Waals surface area contributed by atoms with Gasteiger partial charge in [0, 0.05) is 49.4 Å². The maximum Gasteiger partial charge on any atom is 0.255 e. The third kappa shape index (κ3) is 3.69. The van der Waals surface area contributed by atoms with Crippen molar-refractivity contribution in [1.82, 2.24) is 14.9 Å². The quantitative estimate of drug-likeness (QED) is 0.829. The van der Waals surface area contributed by atoms with E-state index in [1.54, 1.807) is 0 Å². The average Bonchev–Trinajstić information content (AvgIpc) is 3.15. The fourth-order valence-electron chi connectivity index (χ4n) is 4.31. The van der Waals surface area contributed by atoms with Crippen LogP contribution in [0.2, 0.25) is 5.02 Å². The number of hydrogen-bond acceptors (Lipinski definition) is 6. The molecule has 1 fully saturated rings. The molecule has 8 heteroatoms. The summed E-state index contributed by atoms with van der Waals surface area (Å²) in [4.78, 5) is 25.0. The van der Waals surface area contributed by atoms with Crippen molar-refractivity contribution in [1.29, 1.82) is 0 Å². The number of aromatic nitrogens is 2. The van der Waals surface area contributed by atoms with E-state index < -0.39 is 0 Å². The van der Waals surface area contributed by atoms with Crippen LogP contribution in [0.25, 0.3) is 0 Å². The Hall–Kier alpha value is -2.25. The highest BCUT2D eigenvalue weighted by atomic mass is 35.5. The summed E-state index contributed by atoms with van der Waals surface area (Å²) < 4.78 is 10.9. The van der Waals surface area contributed by atoms with Gasteiger partial charge in [-0.1, -0.05) is 18.5 Å². The van der Waals surface area contributed by atoms with Crippen LogP contribution in [0.3, 0.4) is 0 Å². The summed E-state index contributed by atoms with van der Waals surface area (Å²) in [7, 11) is 0. The van der Waals surface area contributed by atoms with Gasteiger partial charge in [-0.25, -0.2) is 4.98 Å². The zero-order valence-electron chi connectivity index (χ0n) is 16.5. The van der Waals surface area contributed by atoms with E-state index in [-0.39, 0.29) is 12.4 Å². The van der Waals surface area contributed by atoms with Crippen molar-refractivity contribution in [2.45, 2.75) is 39.3 Å². The van der Waals surface area contributed by atoms with Gasteiger partial charge in [-0.15, -0.1) is 0 Å². The summed E-state index contributed by atoms with van der Waals surface area (Å²) in [6.07, 6.45) is 2.96. The third-order valence-corrected chi connectivity index (χ3v) is 6.51. The largest absolute Gasteiger partial charge is 0.454 e. The van der Waals surface area contributed by atoms with Crippen molar-refractivity contribution in [3.63, 3.8) is 0 Å². The summed E-state index contributed by atoms with van der Waals surface area (Å²) >= 11 is 6.45. The molecule has 1 aromatic carbocycles. The Morgan fingerprint density at radius 1 is 1.21 bits per heavy atom. The van der Waals surface area contributed by atoms with Gasteiger partial charge in [0.1, 0.15) is 0 Å². The molecule has 29 heavy (non-hydrogen) atoms. The van der Waals surface area contributed by atoms with Gasteiger partial charge in [0.2, 0.25) is 12.7 Å². The van der Waals surface area contributed by atoms with Crippen molar-refractivity contribution in [3.8, 4) is 11.5 Å². The monoisotopic (exact) mass is 416 g/mol. The number of ether oxygens (including phenoxy) is 2. The van der Waals surface area contributed by atoms with Gasteiger partial charge in [0.05, 0.1) is 5.69 Å². The standard InChI is InChI=1S/C21H25ClN4O3/c1-13-2-6-26(7-3-13)21-23-17-11-25(5-4-15(17)20(27)24-21)10-14-8-18-19(9-16(14)22)29-12-28-18/h8-9,13H,2-7,10-12H2,1H3,(H,23,24,27). The second-order valence-electron chi connectivity index (χ2n) is 8.24. The smallest absolute Gasteiger partial charge is 0.255 e. The van der Waals surface area contributed by atoms with E-state index in [9.17, 15) is 4.79 Å². The van der Waals surface area contributed by atoms with Crippen molar-refractivity contribution in [2.24, 2.45) is 5.92 Å². The highest BCUT2D eigenvalue weighted by Crippen LogP contribution is 2.37. The number of halogens is 1. The molecule has 1 saturated heterocycles. The molecule has 154 valence electrons. The van der Waals surface area contributed by atoms with Crippen LogP contribution in [0.5, 0.6) is 11.5 Å². The highest BCUT2D eigenvalue weighted by Gasteiger charge is 2.25. The molecule has 5 rings (SSSR count). The number of fused-ring (bicyclic) bond motifs is 2. The molecular formula is C21H25ClN4O3. The van der Waals surface area contributed by atoms with Crippen LogP contribution in [0, 0.1) is 5.92 Å².